The van der Waals surface area contributed by atoms with E-state index >= 15 is 0 Å². The molecule has 5 heteroatoms. The summed E-state index contributed by atoms with van der Waals surface area (Å²) in [5.74, 6) is -1.48. The van der Waals surface area contributed by atoms with Crippen molar-refractivity contribution in [3.63, 3.8) is 0 Å². The van der Waals surface area contributed by atoms with Gasteiger partial charge < -0.3 is 10.4 Å². The van der Waals surface area contributed by atoms with Crippen LogP contribution in [0.1, 0.15) is 31.7 Å². The molecule has 21 heavy (non-hydrogen) atoms. The molecule has 2 rings (SSSR count). The predicted molar refractivity (Wildman–Crippen MR) is 75.4 cm³/mol. The van der Waals surface area contributed by atoms with Crippen LogP contribution < -0.4 is 5.32 Å². The molecular weight excluding hydrogens is 276 g/mol. The SMILES string of the molecule is CC(O)(CNC(=O)CC1C=CCC1)c1ccc(F)cc1F. The minimum atomic E-state index is -1.58. The van der Waals surface area contributed by atoms with Gasteiger partial charge in [-0.15, -0.1) is 0 Å². The topological polar surface area (TPSA) is 49.3 Å². The fraction of sp³-hybridized carbons (Fsp3) is 0.438. The first-order valence-corrected chi connectivity index (χ1v) is 7.00. The van der Waals surface area contributed by atoms with Crippen molar-refractivity contribution in [3.05, 3.63) is 47.5 Å². The molecule has 0 aromatic heterocycles. The smallest absolute Gasteiger partial charge is 0.220 e. The van der Waals surface area contributed by atoms with E-state index in [0.717, 1.165) is 25.0 Å². The fourth-order valence-electron chi connectivity index (χ4n) is 2.47. The Morgan fingerprint density at radius 1 is 1.48 bits per heavy atom. The zero-order valence-electron chi connectivity index (χ0n) is 11.9. The third-order valence-corrected chi connectivity index (χ3v) is 3.70. The summed E-state index contributed by atoms with van der Waals surface area (Å²) in [5, 5.41) is 12.9. The molecule has 0 saturated heterocycles. The largest absolute Gasteiger partial charge is 0.383 e. The number of nitrogens with one attached hydrogen (secondary N) is 1. The Balaban J connectivity index is 1.93. The van der Waals surface area contributed by atoms with Gasteiger partial charge in [-0.05, 0) is 31.7 Å². The number of benzene rings is 1. The number of carbonyl (C=O) groups excluding carboxylic acids is 1. The Hall–Kier alpha value is -1.75. The molecule has 0 fully saturated rings. The summed E-state index contributed by atoms with van der Waals surface area (Å²) in [6, 6.07) is 2.99. The second-order valence-corrected chi connectivity index (χ2v) is 5.64. The first-order chi connectivity index (χ1) is 9.88. The highest BCUT2D eigenvalue weighted by Gasteiger charge is 2.27. The highest BCUT2D eigenvalue weighted by atomic mass is 19.1. The Morgan fingerprint density at radius 3 is 2.86 bits per heavy atom. The summed E-state index contributed by atoms with van der Waals surface area (Å²) in [5.41, 5.74) is -1.62. The number of carbonyl (C=O) groups is 1. The van der Waals surface area contributed by atoms with E-state index in [4.69, 9.17) is 0 Å². The highest BCUT2D eigenvalue weighted by molar-refractivity contribution is 5.76. The zero-order valence-corrected chi connectivity index (χ0v) is 11.9. The second kappa shape index (κ2) is 6.35. The van der Waals surface area contributed by atoms with Gasteiger partial charge in [0.15, 0.2) is 0 Å². The molecule has 0 saturated carbocycles. The van der Waals surface area contributed by atoms with Crippen molar-refractivity contribution in [2.75, 3.05) is 6.54 Å². The molecule has 1 aromatic rings. The van der Waals surface area contributed by atoms with Crippen molar-refractivity contribution in [1.82, 2.24) is 5.32 Å². The van der Waals surface area contributed by atoms with Gasteiger partial charge in [0.1, 0.15) is 17.2 Å². The van der Waals surface area contributed by atoms with Gasteiger partial charge in [0, 0.05) is 18.1 Å². The van der Waals surface area contributed by atoms with Crippen LogP contribution in [0.3, 0.4) is 0 Å². The van der Waals surface area contributed by atoms with Crippen molar-refractivity contribution >= 4 is 5.91 Å². The first kappa shape index (κ1) is 15.6. The Labute approximate surface area is 122 Å². The maximum Gasteiger partial charge on any atom is 0.220 e. The van der Waals surface area contributed by atoms with Crippen molar-refractivity contribution in [2.45, 2.75) is 31.8 Å². The molecule has 3 nitrogen and oxygen atoms in total. The quantitative estimate of drug-likeness (QED) is 0.820. The molecule has 2 N–H and O–H groups in total. The van der Waals surface area contributed by atoms with Gasteiger partial charge in [-0.2, -0.15) is 0 Å². The molecule has 2 atom stereocenters. The number of hydrogen-bond acceptors (Lipinski definition) is 2. The summed E-state index contributed by atoms with van der Waals surface area (Å²) < 4.78 is 26.6. The molecular formula is C16H19F2NO2. The van der Waals surface area contributed by atoms with E-state index in [-0.39, 0.29) is 23.9 Å². The van der Waals surface area contributed by atoms with Crippen LogP contribution in [0, 0.1) is 17.6 Å². The number of hydrogen-bond donors (Lipinski definition) is 2. The summed E-state index contributed by atoms with van der Waals surface area (Å²) in [7, 11) is 0. The van der Waals surface area contributed by atoms with E-state index in [2.05, 4.69) is 5.32 Å². The molecule has 2 unspecified atom stereocenters. The van der Waals surface area contributed by atoms with Crippen LogP contribution in [0.2, 0.25) is 0 Å². The minimum absolute atomic E-state index is 0.0371. The molecule has 0 aliphatic heterocycles. The number of aliphatic hydroxyl groups is 1. The third-order valence-electron chi connectivity index (χ3n) is 3.70. The van der Waals surface area contributed by atoms with Crippen LogP contribution in [0.5, 0.6) is 0 Å². The van der Waals surface area contributed by atoms with Crippen molar-refractivity contribution in [2.24, 2.45) is 5.92 Å². The molecule has 1 aromatic carbocycles. The van der Waals surface area contributed by atoms with E-state index in [1.54, 1.807) is 0 Å². The maximum absolute atomic E-state index is 13.7. The normalized spacial score (nSPS) is 20.3. The average molecular weight is 295 g/mol. The van der Waals surface area contributed by atoms with Crippen molar-refractivity contribution in [3.8, 4) is 0 Å². The Kier molecular flexibility index (Phi) is 4.73. The van der Waals surface area contributed by atoms with E-state index in [9.17, 15) is 18.7 Å². The van der Waals surface area contributed by atoms with Crippen LogP contribution in [-0.2, 0) is 10.4 Å². The summed E-state index contributed by atoms with van der Waals surface area (Å²) >= 11 is 0. The van der Waals surface area contributed by atoms with Gasteiger partial charge in [-0.3, -0.25) is 4.79 Å². The summed E-state index contributed by atoms with van der Waals surface area (Å²) in [6.45, 7) is 1.27. The van der Waals surface area contributed by atoms with E-state index in [1.165, 1.54) is 13.0 Å². The predicted octanol–water partition coefficient (Wildman–Crippen LogP) is 2.64. The molecule has 0 heterocycles. The number of halogens is 2. The lowest BCUT2D eigenvalue weighted by molar-refractivity contribution is -0.123. The van der Waals surface area contributed by atoms with Crippen molar-refractivity contribution in [1.29, 1.82) is 0 Å². The standard InChI is InChI=1S/C16H19F2NO2/c1-16(21,13-7-6-12(17)9-14(13)18)10-19-15(20)8-11-4-2-3-5-11/h2,4,6-7,9,11,21H,3,5,8,10H2,1H3,(H,19,20). The Morgan fingerprint density at radius 2 is 2.24 bits per heavy atom. The van der Waals surface area contributed by atoms with E-state index in [1.807, 2.05) is 12.2 Å². The Bertz CT molecular complexity index is 555. The van der Waals surface area contributed by atoms with Crippen LogP contribution in [0.25, 0.3) is 0 Å². The fourth-order valence-corrected chi connectivity index (χ4v) is 2.47. The van der Waals surface area contributed by atoms with Gasteiger partial charge in [0.2, 0.25) is 5.91 Å². The van der Waals surface area contributed by atoms with Crippen LogP contribution in [0.4, 0.5) is 8.78 Å². The highest BCUT2D eigenvalue weighted by Crippen LogP contribution is 2.24. The maximum atomic E-state index is 13.7. The monoisotopic (exact) mass is 295 g/mol. The first-order valence-electron chi connectivity index (χ1n) is 7.00. The second-order valence-electron chi connectivity index (χ2n) is 5.64. The molecule has 1 aliphatic carbocycles. The van der Waals surface area contributed by atoms with Gasteiger partial charge in [0.05, 0.1) is 6.54 Å². The van der Waals surface area contributed by atoms with Gasteiger partial charge in [-0.25, -0.2) is 8.78 Å². The zero-order chi connectivity index (χ0) is 15.5. The summed E-state index contributed by atoms with van der Waals surface area (Å²) in [6.07, 6.45) is 6.35. The van der Waals surface area contributed by atoms with Gasteiger partial charge in [0.25, 0.3) is 0 Å². The molecule has 114 valence electrons. The summed E-state index contributed by atoms with van der Waals surface area (Å²) in [4.78, 5) is 11.8. The molecule has 1 aliphatic rings. The lowest BCUT2D eigenvalue weighted by atomic mass is 9.95. The average Bonchev–Trinajstić information content (AvgIpc) is 2.89. The molecule has 0 bridgehead atoms. The van der Waals surface area contributed by atoms with Crippen molar-refractivity contribution < 1.29 is 18.7 Å². The number of allylic oxidation sites excluding steroid dienone is 2. The number of rotatable bonds is 5. The molecule has 0 radical (unpaired) electrons. The third kappa shape index (κ3) is 4.11. The molecule has 0 spiro atoms. The molecule has 1 amide bonds. The van der Waals surface area contributed by atoms with Crippen LogP contribution in [-0.4, -0.2) is 17.6 Å². The van der Waals surface area contributed by atoms with Gasteiger partial charge >= 0.3 is 0 Å². The van der Waals surface area contributed by atoms with Gasteiger partial charge in [-0.1, -0.05) is 18.2 Å². The minimum Gasteiger partial charge on any atom is -0.383 e. The van der Waals surface area contributed by atoms with Crippen LogP contribution in [0.15, 0.2) is 30.4 Å². The van der Waals surface area contributed by atoms with E-state index < -0.39 is 17.2 Å². The lowest BCUT2D eigenvalue weighted by Gasteiger charge is -2.25. The number of amides is 1. The lowest BCUT2D eigenvalue weighted by Crippen LogP contribution is -2.39. The van der Waals surface area contributed by atoms with Crippen LogP contribution >= 0.6 is 0 Å². The van der Waals surface area contributed by atoms with E-state index in [0.29, 0.717) is 6.42 Å².